The van der Waals surface area contributed by atoms with Gasteiger partial charge in [-0.3, -0.25) is 0 Å². The summed E-state index contributed by atoms with van der Waals surface area (Å²) in [5, 5.41) is 0. The van der Waals surface area contributed by atoms with Crippen molar-refractivity contribution in [3.63, 3.8) is 0 Å². The Hall–Kier alpha value is 0.830. The summed E-state index contributed by atoms with van der Waals surface area (Å²) in [7, 11) is 0. The molecule has 0 bridgehead atoms. The van der Waals surface area contributed by atoms with Crippen molar-refractivity contribution in [2.45, 2.75) is 10.7 Å². The van der Waals surface area contributed by atoms with Crippen LogP contribution in [0.15, 0.2) is 0 Å². The Labute approximate surface area is 52.1 Å². The molecule has 40 valence electrons. The van der Waals surface area contributed by atoms with Crippen LogP contribution in [0, 0.1) is 0 Å². The van der Waals surface area contributed by atoms with Crippen LogP contribution >= 0.6 is 34.8 Å². The van der Waals surface area contributed by atoms with Gasteiger partial charge in [-0.2, -0.15) is 0 Å². The summed E-state index contributed by atoms with van der Waals surface area (Å²) in [5.41, 5.74) is 0. The van der Waals surface area contributed by atoms with Crippen molar-refractivity contribution >= 4 is 34.8 Å². The van der Waals surface area contributed by atoms with Crippen LogP contribution in [0.4, 0.5) is 0 Å². The second kappa shape index (κ2) is 2.92. The highest BCUT2D eigenvalue weighted by Crippen LogP contribution is 2.23. The summed E-state index contributed by atoms with van der Waals surface area (Å²) in [4.78, 5) is 0. The largest absolute Gasteiger partial charge is 0.344 e. The molecule has 1 nitrogen and oxygen atoms in total. The molecule has 0 saturated carbocycles. The maximum absolute atomic E-state index is 5.06. The molecule has 0 aromatic heterocycles. The van der Waals surface area contributed by atoms with Gasteiger partial charge < -0.3 is 6.15 Å². The van der Waals surface area contributed by atoms with Gasteiger partial charge in [-0.1, -0.05) is 34.8 Å². The van der Waals surface area contributed by atoms with Crippen molar-refractivity contribution in [2.24, 2.45) is 0 Å². The lowest BCUT2D eigenvalue weighted by atomic mass is 10.9. The predicted octanol–water partition coefficient (Wildman–Crippen LogP) is 2.54. The third kappa shape index (κ3) is 103. The molecule has 0 aromatic carbocycles. The second-order valence-corrected chi connectivity index (χ2v) is 3.63. The summed E-state index contributed by atoms with van der Waals surface area (Å²) >= 11 is 15.2. The molecule has 0 atom stereocenters. The van der Waals surface area contributed by atoms with Gasteiger partial charge in [0.25, 0.3) is 0 Å². The number of alkyl halides is 3. The highest BCUT2D eigenvalue weighted by molar-refractivity contribution is 6.67. The standard InChI is InChI=1S/C2H3Cl3.H3N/c1-2(3,4)5;/h1H3;1H3. The van der Waals surface area contributed by atoms with Crippen LogP contribution < -0.4 is 6.15 Å². The quantitative estimate of drug-likeness (QED) is 0.529. The summed E-state index contributed by atoms with van der Waals surface area (Å²) in [6.45, 7) is 1.48. The van der Waals surface area contributed by atoms with Gasteiger partial charge in [-0.05, 0) is 6.92 Å². The van der Waals surface area contributed by atoms with Crippen molar-refractivity contribution in [1.82, 2.24) is 6.15 Å². The average molecular weight is 150 g/mol. The average Bonchev–Trinajstić information content (AvgIpc) is 0.722. The van der Waals surface area contributed by atoms with Gasteiger partial charge in [0.15, 0.2) is 3.79 Å². The first kappa shape index (κ1) is 9.95. The summed E-state index contributed by atoms with van der Waals surface area (Å²) in [5.74, 6) is 0. The molecule has 4 heteroatoms. The van der Waals surface area contributed by atoms with Crippen LogP contribution in [-0.2, 0) is 0 Å². The number of halogens is 3. The van der Waals surface area contributed by atoms with E-state index < -0.39 is 3.79 Å². The summed E-state index contributed by atoms with van der Waals surface area (Å²) in [6.07, 6.45) is 0. The molecule has 0 aliphatic carbocycles. The zero-order valence-corrected chi connectivity index (χ0v) is 5.61. The van der Waals surface area contributed by atoms with E-state index in [4.69, 9.17) is 34.8 Å². The summed E-state index contributed by atoms with van der Waals surface area (Å²) < 4.78 is -1.08. The highest BCUT2D eigenvalue weighted by Gasteiger charge is 2.07. The fourth-order valence-electron chi connectivity index (χ4n) is 0. The van der Waals surface area contributed by atoms with Crippen LogP contribution in [0.3, 0.4) is 0 Å². The third-order valence-electron chi connectivity index (χ3n) is 0. The van der Waals surface area contributed by atoms with E-state index in [2.05, 4.69) is 0 Å². The first-order valence-corrected chi connectivity index (χ1v) is 2.20. The molecule has 0 aliphatic rings. The Bertz CT molecular complexity index is 24.3. The minimum absolute atomic E-state index is 0. The molecule has 6 heavy (non-hydrogen) atoms. The summed E-state index contributed by atoms with van der Waals surface area (Å²) in [6, 6.07) is 0. The van der Waals surface area contributed by atoms with Gasteiger partial charge in [0.1, 0.15) is 0 Å². The van der Waals surface area contributed by atoms with E-state index in [9.17, 15) is 0 Å². The maximum atomic E-state index is 5.06. The topological polar surface area (TPSA) is 35.0 Å². The Balaban J connectivity index is 0. The van der Waals surface area contributed by atoms with Crippen LogP contribution in [0.25, 0.3) is 0 Å². The zero-order valence-electron chi connectivity index (χ0n) is 3.34. The van der Waals surface area contributed by atoms with Gasteiger partial charge >= 0.3 is 0 Å². The molecular weight excluding hydrogens is 144 g/mol. The lowest BCUT2D eigenvalue weighted by molar-refractivity contribution is 1.27. The van der Waals surface area contributed by atoms with E-state index in [1.165, 1.54) is 6.92 Å². The zero-order chi connectivity index (χ0) is 4.50. The second-order valence-electron chi connectivity index (χ2n) is 0.781. The molecule has 0 aromatic rings. The number of hydrogen-bond acceptors (Lipinski definition) is 1. The molecule has 0 saturated heterocycles. The smallest absolute Gasteiger partial charge is 0.187 e. The van der Waals surface area contributed by atoms with Crippen LogP contribution in [0.1, 0.15) is 6.92 Å². The minimum atomic E-state index is -1.08. The first-order chi connectivity index (χ1) is 2.00. The van der Waals surface area contributed by atoms with E-state index in [0.717, 1.165) is 0 Å². The van der Waals surface area contributed by atoms with Gasteiger partial charge in [0.05, 0.1) is 0 Å². The Morgan fingerprint density at radius 1 is 1.17 bits per heavy atom. The molecule has 0 amide bonds. The molecular formula is C2H6Cl3N. The van der Waals surface area contributed by atoms with E-state index >= 15 is 0 Å². The van der Waals surface area contributed by atoms with Crippen LogP contribution in [-0.4, -0.2) is 3.79 Å². The van der Waals surface area contributed by atoms with Crippen molar-refractivity contribution in [3.05, 3.63) is 0 Å². The fraction of sp³-hybridized carbons (Fsp3) is 1.00. The van der Waals surface area contributed by atoms with Crippen LogP contribution in [0.2, 0.25) is 0 Å². The third-order valence-corrected chi connectivity index (χ3v) is 0. The molecule has 0 heterocycles. The van der Waals surface area contributed by atoms with E-state index in [0.29, 0.717) is 0 Å². The molecule has 0 radical (unpaired) electrons. The van der Waals surface area contributed by atoms with Gasteiger partial charge in [0.2, 0.25) is 0 Å². The van der Waals surface area contributed by atoms with Gasteiger partial charge in [0, 0.05) is 0 Å². The molecule has 0 unspecified atom stereocenters. The van der Waals surface area contributed by atoms with Crippen molar-refractivity contribution in [3.8, 4) is 0 Å². The van der Waals surface area contributed by atoms with Gasteiger partial charge in [-0.15, -0.1) is 0 Å². The lowest BCUT2D eigenvalue weighted by Crippen LogP contribution is -1.87. The van der Waals surface area contributed by atoms with E-state index in [1.54, 1.807) is 0 Å². The number of hydrogen-bond donors (Lipinski definition) is 1. The highest BCUT2D eigenvalue weighted by atomic mass is 35.6. The molecule has 0 spiro atoms. The molecule has 3 N–H and O–H groups in total. The fourth-order valence-corrected chi connectivity index (χ4v) is 0. The van der Waals surface area contributed by atoms with Crippen molar-refractivity contribution in [2.75, 3.05) is 0 Å². The first-order valence-electron chi connectivity index (χ1n) is 1.07. The van der Waals surface area contributed by atoms with E-state index in [-0.39, 0.29) is 6.15 Å². The molecule has 0 rings (SSSR count). The number of rotatable bonds is 0. The van der Waals surface area contributed by atoms with Gasteiger partial charge in [-0.25, -0.2) is 0 Å². The Morgan fingerprint density at radius 3 is 1.17 bits per heavy atom. The van der Waals surface area contributed by atoms with Crippen molar-refractivity contribution in [1.29, 1.82) is 0 Å². The van der Waals surface area contributed by atoms with E-state index in [1.807, 2.05) is 0 Å². The monoisotopic (exact) mass is 149 g/mol. The SMILES string of the molecule is CC(Cl)(Cl)Cl.N. The lowest BCUT2D eigenvalue weighted by Gasteiger charge is -1.94. The Kier molecular flexibility index (Phi) is 4.84. The maximum Gasteiger partial charge on any atom is 0.187 e. The van der Waals surface area contributed by atoms with Crippen molar-refractivity contribution < 1.29 is 0 Å². The normalized spacial score (nSPS) is 10.0. The molecule has 0 aliphatic heterocycles. The Morgan fingerprint density at radius 2 is 1.17 bits per heavy atom. The van der Waals surface area contributed by atoms with Crippen LogP contribution in [0.5, 0.6) is 0 Å². The molecule has 0 fully saturated rings. The minimum Gasteiger partial charge on any atom is -0.344 e. The predicted molar refractivity (Wildman–Crippen MR) is 31.0 cm³/mol.